The zero-order valence-electron chi connectivity index (χ0n) is 13.8. The first-order valence-electron chi connectivity index (χ1n) is 8.19. The van der Waals surface area contributed by atoms with Crippen LogP contribution < -0.4 is 10.2 Å². The highest BCUT2D eigenvalue weighted by Gasteiger charge is 2.23. The van der Waals surface area contributed by atoms with Crippen LogP contribution in [0.15, 0.2) is 18.2 Å². The summed E-state index contributed by atoms with van der Waals surface area (Å²) in [4.78, 5) is 2.21. The van der Waals surface area contributed by atoms with Crippen molar-refractivity contribution in [2.24, 2.45) is 17.8 Å². The van der Waals surface area contributed by atoms with Gasteiger partial charge in [-0.25, -0.2) is 4.39 Å². The highest BCUT2D eigenvalue weighted by Crippen LogP contribution is 2.28. The van der Waals surface area contributed by atoms with Crippen LogP contribution in [0.1, 0.15) is 39.7 Å². The summed E-state index contributed by atoms with van der Waals surface area (Å²) < 4.78 is 14.4. The van der Waals surface area contributed by atoms with Crippen molar-refractivity contribution in [1.29, 1.82) is 0 Å². The van der Waals surface area contributed by atoms with Gasteiger partial charge in [0.1, 0.15) is 5.82 Å². The van der Waals surface area contributed by atoms with Crippen molar-refractivity contribution in [2.45, 2.75) is 40.7 Å². The normalized spacial score (nSPS) is 22.9. The van der Waals surface area contributed by atoms with Gasteiger partial charge in [-0.1, -0.05) is 33.8 Å². The Hall–Kier alpha value is -1.09. The van der Waals surface area contributed by atoms with Gasteiger partial charge < -0.3 is 10.2 Å². The van der Waals surface area contributed by atoms with E-state index in [1.54, 1.807) is 6.07 Å². The molecular weight excluding hydrogens is 263 g/mol. The third-order valence-electron chi connectivity index (χ3n) is 4.10. The third-order valence-corrected chi connectivity index (χ3v) is 4.10. The molecule has 0 spiro atoms. The average molecular weight is 292 g/mol. The Morgan fingerprint density at radius 2 is 1.90 bits per heavy atom. The molecular formula is C18H29FN2. The molecule has 1 aromatic carbocycles. The van der Waals surface area contributed by atoms with E-state index in [4.69, 9.17) is 0 Å². The van der Waals surface area contributed by atoms with Gasteiger partial charge in [0.05, 0.1) is 5.69 Å². The molecule has 0 amide bonds. The molecule has 118 valence electrons. The SMILES string of the molecule is CC(C)CNCc1ccc(N2CC(C)CC(C)C2)c(F)c1. The van der Waals surface area contributed by atoms with Crippen molar-refractivity contribution in [1.82, 2.24) is 5.32 Å². The molecule has 2 nitrogen and oxygen atoms in total. The number of nitrogens with zero attached hydrogens (tertiary/aromatic N) is 1. The minimum Gasteiger partial charge on any atom is -0.369 e. The molecule has 3 heteroatoms. The van der Waals surface area contributed by atoms with E-state index in [0.717, 1.165) is 37.4 Å². The number of anilines is 1. The van der Waals surface area contributed by atoms with Crippen LogP contribution in [0, 0.1) is 23.6 Å². The van der Waals surface area contributed by atoms with E-state index in [-0.39, 0.29) is 5.82 Å². The van der Waals surface area contributed by atoms with Crippen LogP contribution in [-0.2, 0) is 6.54 Å². The van der Waals surface area contributed by atoms with Crippen LogP contribution in [0.25, 0.3) is 0 Å². The molecule has 1 aliphatic rings. The molecule has 21 heavy (non-hydrogen) atoms. The molecule has 1 aromatic rings. The maximum Gasteiger partial charge on any atom is 0.146 e. The van der Waals surface area contributed by atoms with Crippen LogP contribution in [-0.4, -0.2) is 19.6 Å². The summed E-state index contributed by atoms with van der Waals surface area (Å²) in [5, 5.41) is 3.36. The van der Waals surface area contributed by atoms with Crippen LogP contribution >= 0.6 is 0 Å². The minimum atomic E-state index is -0.0832. The first kappa shape index (κ1) is 16.3. The number of hydrogen-bond donors (Lipinski definition) is 1. The van der Waals surface area contributed by atoms with Crippen LogP contribution in [0.3, 0.4) is 0 Å². The van der Waals surface area contributed by atoms with E-state index in [2.05, 4.69) is 44.0 Å². The highest BCUT2D eigenvalue weighted by molar-refractivity contribution is 5.49. The second-order valence-electron chi connectivity index (χ2n) is 7.16. The summed E-state index contributed by atoms with van der Waals surface area (Å²) in [7, 11) is 0. The van der Waals surface area contributed by atoms with Crippen molar-refractivity contribution in [3.05, 3.63) is 29.6 Å². The van der Waals surface area contributed by atoms with Gasteiger partial charge in [-0.15, -0.1) is 0 Å². The van der Waals surface area contributed by atoms with Crippen LogP contribution in [0.2, 0.25) is 0 Å². The van der Waals surface area contributed by atoms with E-state index in [0.29, 0.717) is 17.8 Å². The van der Waals surface area contributed by atoms with Crippen molar-refractivity contribution < 1.29 is 4.39 Å². The Bertz CT molecular complexity index is 449. The quantitative estimate of drug-likeness (QED) is 0.880. The minimum absolute atomic E-state index is 0.0832. The summed E-state index contributed by atoms with van der Waals surface area (Å²) >= 11 is 0. The van der Waals surface area contributed by atoms with Crippen molar-refractivity contribution >= 4 is 5.69 Å². The Morgan fingerprint density at radius 3 is 2.48 bits per heavy atom. The molecule has 1 fully saturated rings. The van der Waals surface area contributed by atoms with Gasteiger partial charge in [0.2, 0.25) is 0 Å². The molecule has 1 heterocycles. The predicted octanol–water partition coefficient (Wildman–Crippen LogP) is 4.05. The lowest BCUT2D eigenvalue weighted by Gasteiger charge is -2.36. The predicted molar refractivity (Wildman–Crippen MR) is 88.1 cm³/mol. The maximum absolute atomic E-state index is 14.4. The van der Waals surface area contributed by atoms with Gasteiger partial charge in [-0.2, -0.15) is 0 Å². The third kappa shape index (κ3) is 4.70. The molecule has 2 atom stereocenters. The summed E-state index contributed by atoms with van der Waals surface area (Å²) in [5.41, 5.74) is 1.79. The van der Waals surface area contributed by atoms with E-state index < -0.39 is 0 Å². The summed E-state index contributed by atoms with van der Waals surface area (Å²) in [6, 6.07) is 5.69. The van der Waals surface area contributed by atoms with Crippen LogP contribution in [0.4, 0.5) is 10.1 Å². The molecule has 0 aromatic heterocycles. The largest absolute Gasteiger partial charge is 0.369 e. The topological polar surface area (TPSA) is 15.3 Å². The van der Waals surface area contributed by atoms with Crippen molar-refractivity contribution in [3.63, 3.8) is 0 Å². The standard InChI is InChI=1S/C18H29FN2/c1-13(2)9-20-10-16-5-6-18(17(19)8-16)21-11-14(3)7-15(4)12-21/h5-6,8,13-15,20H,7,9-12H2,1-4H3. The van der Waals surface area contributed by atoms with Crippen LogP contribution in [0.5, 0.6) is 0 Å². The van der Waals surface area contributed by atoms with E-state index in [1.807, 2.05) is 6.07 Å². The van der Waals surface area contributed by atoms with Crippen molar-refractivity contribution in [3.8, 4) is 0 Å². The van der Waals surface area contributed by atoms with E-state index in [9.17, 15) is 4.39 Å². The van der Waals surface area contributed by atoms with Gasteiger partial charge >= 0.3 is 0 Å². The Kier molecular flexibility index (Phi) is 5.63. The zero-order valence-corrected chi connectivity index (χ0v) is 13.8. The molecule has 2 unspecified atom stereocenters. The zero-order chi connectivity index (χ0) is 15.4. The van der Waals surface area contributed by atoms with Gasteiger partial charge in [0.15, 0.2) is 0 Å². The van der Waals surface area contributed by atoms with E-state index >= 15 is 0 Å². The smallest absolute Gasteiger partial charge is 0.146 e. The summed E-state index contributed by atoms with van der Waals surface area (Å²) in [5.74, 6) is 1.81. The molecule has 1 aliphatic heterocycles. The molecule has 0 radical (unpaired) electrons. The molecule has 2 rings (SSSR count). The number of halogens is 1. The van der Waals surface area contributed by atoms with Crippen molar-refractivity contribution in [2.75, 3.05) is 24.5 Å². The van der Waals surface area contributed by atoms with E-state index in [1.165, 1.54) is 6.42 Å². The fourth-order valence-electron chi connectivity index (χ4n) is 3.28. The first-order valence-corrected chi connectivity index (χ1v) is 8.19. The lowest BCUT2D eigenvalue weighted by molar-refractivity contribution is 0.354. The fraction of sp³-hybridized carbons (Fsp3) is 0.667. The van der Waals surface area contributed by atoms with Gasteiger partial charge in [-0.3, -0.25) is 0 Å². The lowest BCUT2D eigenvalue weighted by Crippen LogP contribution is -2.39. The maximum atomic E-state index is 14.4. The van der Waals surface area contributed by atoms with Gasteiger partial charge in [0, 0.05) is 19.6 Å². The summed E-state index contributed by atoms with van der Waals surface area (Å²) in [6.45, 7) is 12.5. The number of hydrogen-bond acceptors (Lipinski definition) is 2. The lowest BCUT2D eigenvalue weighted by atomic mass is 9.91. The monoisotopic (exact) mass is 292 g/mol. The number of nitrogens with one attached hydrogen (secondary N) is 1. The molecule has 1 saturated heterocycles. The molecule has 0 saturated carbocycles. The fourth-order valence-corrected chi connectivity index (χ4v) is 3.28. The second-order valence-corrected chi connectivity index (χ2v) is 7.16. The number of piperidine rings is 1. The Balaban J connectivity index is 2.01. The number of benzene rings is 1. The molecule has 1 N–H and O–H groups in total. The number of rotatable bonds is 5. The Labute approximate surface area is 128 Å². The van der Waals surface area contributed by atoms with Gasteiger partial charge in [0.25, 0.3) is 0 Å². The Morgan fingerprint density at radius 1 is 1.24 bits per heavy atom. The first-order chi connectivity index (χ1) is 9.95. The highest BCUT2D eigenvalue weighted by atomic mass is 19.1. The second kappa shape index (κ2) is 7.26. The average Bonchev–Trinajstić information content (AvgIpc) is 2.37. The van der Waals surface area contributed by atoms with Gasteiger partial charge in [-0.05, 0) is 48.4 Å². The molecule has 0 aliphatic carbocycles. The summed E-state index contributed by atoms with van der Waals surface area (Å²) in [6.07, 6.45) is 1.25. The molecule has 0 bridgehead atoms.